The topological polar surface area (TPSA) is 128 Å². The van der Waals surface area contributed by atoms with Gasteiger partial charge in [-0.15, -0.1) is 0 Å². The van der Waals surface area contributed by atoms with Crippen LogP contribution >= 0.6 is 0 Å². The summed E-state index contributed by atoms with van der Waals surface area (Å²) >= 11 is 0. The zero-order chi connectivity index (χ0) is 39.7. The third-order valence-electron chi connectivity index (χ3n) is 10.3. The highest BCUT2D eigenvalue weighted by Gasteiger charge is 2.45. The van der Waals surface area contributed by atoms with Crippen LogP contribution in [0, 0.1) is 13.8 Å². The molecule has 0 spiro atoms. The van der Waals surface area contributed by atoms with E-state index in [2.05, 4.69) is 32.7 Å². The average molecular weight is 759 g/mol. The van der Waals surface area contributed by atoms with Crippen molar-refractivity contribution < 1.29 is 19.5 Å². The number of hydrogen-bond donors (Lipinski definition) is 3. The van der Waals surface area contributed by atoms with Crippen molar-refractivity contribution in [1.29, 1.82) is 0 Å². The highest BCUT2D eigenvalue weighted by Crippen LogP contribution is 2.31. The van der Waals surface area contributed by atoms with Gasteiger partial charge in [0.25, 0.3) is 11.8 Å². The summed E-state index contributed by atoms with van der Waals surface area (Å²) < 4.78 is 0. The SMILES string of the molecule is Cc1ccc(NC(=O)c2cccc(CN3C(=O)N(Cc4cccc(C(=O)Nc5ccc(C)cn5)c4)[C@H](Cc4ccccc4)[C@H](O)[C@H]3CCc3ccccc3)c2)nc1. The molecule has 0 saturated carbocycles. The number of pyridine rings is 2. The maximum Gasteiger partial charge on any atom is 0.321 e. The number of aryl methyl sites for hydroxylation is 3. The van der Waals surface area contributed by atoms with Crippen molar-refractivity contribution in [1.82, 2.24) is 19.8 Å². The molecule has 1 aliphatic rings. The molecule has 1 saturated heterocycles. The Labute approximate surface area is 333 Å². The molecular formula is C47H46N6O4. The molecule has 0 unspecified atom stereocenters. The zero-order valence-corrected chi connectivity index (χ0v) is 32.1. The van der Waals surface area contributed by atoms with Crippen LogP contribution in [0.2, 0.25) is 0 Å². The number of nitrogens with zero attached hydrogens (tertiary/aromatic N) is 4. The Hall–Kier alpha value is -6.65. The predicted octanol–water partition coefficient (Wildman–Crippen LogP) is 8.01. The molecule has 3 heterocycles. The standard InChI is InChI=1S/C47H46N6O4/c1-32-19-23-42(48-28-32)50-45(55)38-17-9-15-36(25-38)30-52-40(22-21-34-11-5-3-6-12-34)44(54)41(27-35-13-7-4-8-14-35)53(47(52)57)31-37-16-10-18-39(26-37)46(56)51-43-24-20-33(2)29-49-43/h3-20,23-26,28-29,40-41,44,54H,21-22,27,30-31H2,1-2H3,(H,48,50,55)(H,49,51,56)/t40-,41-,44-/m1/s1. The van der Waals surface area contributed by atoms with E-state index >= 15 is 4.79 Å². The van der Waals surface area contributed by atoms with E-state index < -0.39 is 18.2 Å². The van der Waals surface area contributed by atoms with Gasteiger partial charge in [0, 0.05) is 36.6 Å². The van der Waals surface area contributed by atoms with Crippen molar-refractivity contribution >= 4 is 29.5 Å². The Morgan fingerprint density at radius 1 is 0.596 bits per heavy atom. The van der Waals surface area contributed by atoms with Gasteiger partial charge in [0.2, 0.25) is 0 Å². The minimum absolute atomic E-state index is 0.158. The second-order valence-electron chi connectivity index (χ2n) is 14.6. The van der Waals surface area contributed by atoms with Crippen LogP contribution in [0.3, 0.4) is 0 Å². The first-order valence-electron chi connectivity index (χ1n) is 19.2. The minimum atomic E-state index is -0.926. The number of carbonyl (C=O) groups excluding carboxylic acids is 3. The third kappa shape index (κ3) is 9.78. The van der Waals surface area contributed by atoms with Gasteiger partial charge >= 0.3 is 6.03 Å². The molecule has 288 valence electrons. The second kappa shape index (κ2) is 17.9. The molecule has 0 radical (unpaired) electrons. The zero-order valence-electron chi connectivity index (χ0n) is 32.1. The number of amides is 4. The number of nitrogens with one attached hydrogen (secondary N) is 2. The Balaban J connectivity index is 1.19. The van der Waals surface area contributed by atoms with Gasteiger partial charge < -0.3 is 25.5 Å². The van der Waals surface area contributed by atoms with Gasteiger partial charge in [0.05, 0.1) is 18.2 Å². The molecule has 3 N–H and O–H groups in total. The summed E-state index contributed by atoms with van der Waals surface area (Å²) in [5.74, 6) is 0.257. The maximum atomic E-state index is 15.0. The minimum Gasteiger partial charge on any atom is -0.389 e. The first kappa shape index (κ1) is 38.6. The summed E-state index contributed by atoms with van der Waals surface area (Å²) in [5, 5.41) is 18.2. The predicted molar refractivity (Wildman–Crippen MR) is 222 cm³/mol. The van der Waals surface area contributed by atoms with Crippen molar-refractivity contribution in [2.75, 3.05) is 10.6 Å². The molecule has 10 nitrogen and oxygen atoms in total. The number of rotatable bonds is 13. The van der Waals surface area contributed by atoms with Gasteiger partial charge in [-0.25, -0.2) is 14.8 Å². The van der Waals surface area contributed by atoms with Crippen LogP contribution < -0.4 is 10.6 Å². The van der Waals surface area contributed by atoms with E-state index in [4.69, 9.17) is 0 Å². The van der Waals surface area contributed by atoms with Gasteiger partial charge in [-0.05, 0) is 103 Å². The smallest absolute Gasteiger partial charge is 0.321 e. The maximum absolute atomic E-state index is 15.0. The first-order valence-corrected chi connectivity index (χ1v) is 19.2. The molecule has 57 heavy (non-hydrogen) atoms. The van der Waals surface area contributed by atoms with Crippen molar-refractivity contribution in [3.63, 3.8) is 0 Å². The van der Waals surface area contributed by atoms with Crippen molar-refractivity contribution in [3.05, 3.63) is 190 Å². The number of aromatic nitrogens is 2. The molecule has 1 aliphatic heterocycles. The molecule has 3 atom stereocenters. The van der Waals surface area contributed by atoms with E-state index in [0.717, 1.165) is 33.4 Å². The highest BCUT2D eigenvalue weighted by molar-refractivity contribution is 6.04. The highest BCUT2D eigenvalue weighted by atomic mass is 16.3. The number of anilines is 2. The van der Waals surface area contributed by atoms with Crippen molar-refractivity contribution in [3.8, 4) is 0 Å². The number of urea groups is 1. The largest absolute Gasteiger partial charge is 0.389 e. The second-order valence-corrected chi connectivity index (χ2v) is 14.6. The lowest BCUT2D eigenvalue weighted by Crippen LogP contribution is -2.66. The summed E-state index contributed by atoms with van der Waals surface area (Å²) in [6.45, 7) is 4.19. The fourth-order valence-electron chi connectivity index (χ4n) is 7.29. The van der Waals surface area contributed by atoms with E-state index in [-0.39, 0.29) is 30.9 Å². The Kier molecular flexibility index (Phi) is 12.1. The summed E-state index contributed by atoms with van der Waals surface area (Å²) in [4.78, 5) is 53.8. The number of carbonyl (C=O) groups is 3. The number of benzene rings is 4. The fraction of sp³-hybridized carbons (Fsp3) is 0.213. The van der Waals surface area contributed by atoms with Crippen LogP contribution in [0.4, 0.5) is 16.4 Å². The summed E-state index contributed by atoms with van der Waals surface area (Å²) in [6.07, 6.45) is 4.08. The molecular weight excluding hydrogens is 713 g/mol. The molecule has 0 aliphatic carbocycles. The molecule has 2 aromatic heterocycles. The summed E-state index contributed by atoms with van der Waals surface area (Å²) in [5.41, 5.74) is 6.41. The van der Waals surface area contributed by atoms with Gasteiger partial charge in [0.15, 0.2) is 0 Å². The van der Waals surface area contributed by atoms with Crippen LogP contribution in [0.1, 0.15) is 60.5 Å². The number of aliphatic hydroxyl groups is 1. The lowest BCUT2D eigenvalue weighted by Gasteiger charge is -2.49. The van der Waals surface area contributed by atoms with E-state index in [0.29, 0.717) is 42.0 Å². The number of aliphatic hydroxyl groups excluding tert-OH is 1. The van der Waals surface area contributed by atoms with E-state index in [1.165, 1.54) is 0 Å². The molecule has 1 fully saturated rings. The Bertz CT molecular complexity index is 2300. The molecule has 7 rings (SSSR count). The quantitative estimate of drug-likeness (QED) is 0.110. The molecule has 4 amide bonds. The van der Waals surface area contributed by atoms with Crippen LogP contribution in [-0.2, 0) is 25.9 Å². The monoisotopic (exact) mass is 758 g/mol. The van der Waals surface area contributed by atoms with Gasteiger partial charge in [-0.2, -0.15) is 0 Å². The molecule has 6 aromatic rings. The van der Waals surface area contributed by atoms with Gasteiger partial charge in [-0.3, -0.25) is 9.59 Å². The van der Waals surface area contributed by atoms with Crippen LogP contribution in [0.25, 0.3) is 0 Å². The first-order chi connectivity index (χ1) is 27.7. The fourth-order valence-corrected chi connectivity index (χ4v) is 7.29. The third-order valence-corrected chi connectivity index (χ3v) is 10.3. The summed E-state index contributed by atoms with van der Waals surface area (Å²) in [6, 6.07) is 40.3. The van der Waals surface area contributed by atoms with E-state index in [1.54, 1.807) is 70.7 Å². The average Bonchev–Trinajstić information content (AvgIpc) is 3.23. The molecule has 0 bridgehead atoms. The van der Waals surface area contributed by atoms with Crippen molar-refractivity contribution in [2.45, 2.75) is 64.4 Å². The van der Waals surface area contributed by atoms with Crippen molar-refractivity contribution in [2.24, 2.45) is 0 Å². The van der Waals surface area contributed by atoms with Crippen LogP contribution in [-0.4, -0.2) is 60.9 Å². The lowest BCUT2D eigenvalue weighted by atomic mass is 9.88. The van der Waals surface area contributed by atoms with Gasteiger partial charge in [0.1, 0.15) is 11.6 Å². The van der Waals surface area contributed by atoms with Crippen LogP contribution in [0.5, 0.6) is 0 Å². The number of hydrogen-bond acceptors (Lipinski definition) is 6. The Morgan fingerprint density at radius 2 is 1.07 bits per heavy atom. The Morgan fingerprint density at radius 3 is 1.56 bits per heavy atom. The normalized spacial score (nSPS) is 16.6. The summed E-state index contributed by atoms with van der Waals surface area (Å²) in [7, 11) is 0. The van der Waals surface area contributed by atoms with E-state index in [9.17, 15) is 14.7 Å². The lowest BCUT2D eigenvalue weighted by molar-refractivity contribution is -0.0453. The van der Waals surface area contributed by atoms with Gasteiger partial charge in [-0.1, -0.05) is 97.1 Å². The molecule has 10 heteroatoms. The molecule has 4 aromatic carbocycles. The van der Waals surface area contributed by atoms with Crippen LogP contribution in [0.15, 0.2) is 146 Å². The van der Waals surface area contributed by atoms with E-state index in [1.807, 2.05) is 86.6 Å².